The third-order valence-corrected chi connectivity index (χ3v) is 3.75. The van der Waals surface area contributed by atoms with Crippen LogP contribution in [-0.4, -0.2) is 45.6 Å². The molecule has 0 saturated heterocycles. The number of aliphatic hydroxyl groups excluding tert-OH is 2. The number of aliphatic carboxylic acids is 2. The highest BCUT2D eigenvalue weighted by Gasteiger charge is 2.34. The van der Waals surface area contributed by atoms with Crippen molar-refractivity contribution < 1.29 is 30.0 Å². The fraction of sp³-hybridized carbons (Fsp3) is 0.400. The minimum absolute atomic E-state index is 0.0226. The minimum atomic E-state index is -0.935. The Morgan fingerprint density at radius 2 is 1.23 bits per heavy atom. The van der Waals surface area contributed by atoms with Gasteiger partial charge in [-0.2, -0.15) is 0 Å². The van der Waals surface area contributed by atoms with Crippen LogP contribution in [0.25, 0.3) is 0 Å². The van der Waals surface area contributed by atoms with E-state index >= 15 is 0 Å². The molecule has 0 aliphatic heterocycles. The molecule has 0 amide bonds. The van der Waals surface area contributed by atoms with E-state index in [1.807, 2.05) is 44.2 Å². The Labute approximate surface area is 155 Å². The van der Waals surface area contributed by atoms with Gasteiger partial charge in [0.2, 0.25) is 0 Å². The van der Waals surface area contributed by atoms with Gasteiger partial charge in [-0.25, -0.2) is 9.59 Å². The molecule has 0 bridgehead atoms. The van der Waals surface area contributed by atoms with Gasteiger partial charge >= 0.3 is 11.9 Å². The van der Waals surface area contributed by atoms with Gasteiger partial charge in [0.15, 0.2) is 0 Å². The van der Waals surface area contributed by atoms with Gasteiger partial charge in [0.25, 0.3) is 0 Å². The summed E-state index contributed by atoms with van der Waals surface area (Å²) in [4.78, 5) is 19.2. The van der Waals surface area contributed by atoms with E-state index < -0.39 is 17.4 Å². The Kier molecular flexibility index (Phi) is 12.8. The van der Waals surface area contributed by atoms with Gasteiger partial charge in [-0.15, -0.1) is 0 Å². The Hall–Kier alpha value is -2.44. The first-order chi connectivity index (χ1) is 12.0. The van der Waals surface area contributed by atoms with Gasteiger partial charge in [0.1, 0.15) is 0 Å². The van der Waals surface area contributed by atoms with Crippen molar-refractivity contribution in [2.45, 2.75) is 33.1 Å². The third kappa shape index (κ3) is 9.15. The third-order valence-electron chi connectivity index (χ3n) is 3.75. The fourth-order valence-electron chi connectivity index (χ4n) is 1.70. The molecule has 0 heterocycles. The van der Waals surface area contributed by atoms with Crippen LogP contribution in [0.3, 0.4) is 0 Å². The standard InChI is InChI=1S/C12H18O2.2C4H6O2/c1-10(2)12(8-13,9-14)11-6-4-3-5-7-11;2*1-3(2)4(5)6/h3-7,10,13-14H,8-9H2,1-2H3;2*1H2,2H3,(H,5,6). The van der Waals surface area contributed by atoms with E-state index in [0.717, 1.165) is 5.56 Å². The first kappa shape index (κ1) is 25.8. The van der Waals surface area contributed by atoms with Crippen LogP contribution < -0.4 is 0 Å². The Bertz CT molecular complexity index is 538. The highest BCUT2D eigenvalue weighted by molar-refractivity contribution is 5.85. The van der Waals surface area contributed by atoms with E-state index in [4.69, 9.17) is 10.2 Å². The second-order valence-corrected chi connectivity index (χ2v) is 6.16. The molecule has 0 aromatic heterocycles. The molecular formula is C20H30O6. The number of hydrogen-bond donors (Lipinski definition) is 4. The number of carboxylic acid groups (broad SMARTS) is 2. The molecule has 6 heteroatoms. The number of benzene rings is 1. The lowest BCUT2D eigenvalue weighted by Gasteiger charge is -2.34. The van der Waals surface area contributed by atoms with Crippen molar-refractivity contribution >= 4 is 11.9 Å². The lowest BCUT2D eigenvalue weighted by atomic mass is 9.73. The molecule has 0 atom stereocenters. The molecule has 6 nitrogen and oxygen atoms in total. The van der Waals surface area contributed by atoms with E-state index in [1.165, 1.54) is 13.8 Å². The maximum absolute atomic E-state index is 9.60. The van der Waals surface area contributed by atoms with E-state index in [0.29, 0.717) is 0 Å². The van der Waals surface area contributed by atoms with E-state index in [9.17, 15) is 19.8 Å². The average molecular weight is 366 g/mol. The fourth-order valence-corrected chi connectivity index (χ4v) is 1.70. The molecule has 4 N–H and O–H groups in total. The summed E-state index contributed by atoms with van der Waals surface area (Å²) in [6.45, 7) is 13.2. The lowest BCUT2D eigenvalue weighted by molar-refractivity contribution is -0.133. The van der Waals surface area contributed by atoms with Crippen molar-refractivity contribution in [1.29, 1.82) is 0 Å². The van der Waals surface area contributed by atoms with Crippen LogP contribution in [-0.2, 0) is 15.0 Å². The maximum atomic E-state index is 9.60. The number of aliphatic hydroxyl groups is 2. The van der Waals surface area contributed by atoms with E-state index in [-0.39, 0.29) is 30.3 Å². The molecule has 146 valence electrons. The summed E-state index contributed by atoms with van der Waals surface area (Å²) in [5.74, 6) is -1.66. The first-order valence-electron chi connectivity index (χ1n) is 8.01. The number of hydrogen-bond acceptors (Lipinski definition) is 4. The lowest BCUT2D eigenvalue weighted by Crippen LogP contribution is -2.40. The van der Waals surface area contributed by atoms with Gasteiger partial charge in [-0.05, 0) is 25.3 Å². The molecule has 0 aliphatic carbocycles. The van der Waals surface area contributed by atoms with Gasteiger partial charge in [-0.3, -0.25) is 0 Å². The molecule has 1 aromatic carbocycles. The van der Waals surface area contributed by atoms with Crippen molar-refractivity contribution in [2.24, 2.45) is 5.92 Å². The highest BCUT2D eigenvalue weighted by atomic mass is 16.4. The summed E-state index contributed by atoms with van der Waals surface area (Å²) in [6, 6.07) is 9.69. The normalized spacial score (nSPS) is 9.96. The Morgan fingerprint density at radius 1 is 0.923 bits per heavy atom. The number of carbonyl (C=O) groups is 2. The molecule has 1 aromatic rings. The molecule has 0 saturated carbocycles. The molecule has 0 spiro atoms. The molecule has 0 unspecified atom stereocenters. The van der Waals surface area contributed by atoms with Crippen LogP contribution in [0.15, 0.2) is 54.6 Å². The molecule has 0 radical (unpaired) electrons. The van der Waals surface area contributed by atoms with Crippen LogP contribution in [0.1, 0.15) is 33.3 Å². The first-order valence-corrected chi connectivity index (χ1v) is 8.01. The topological polar surface area (TPSA) is 115 Å². The summed E-state index contributed by atoms with van der Waals surface area (Å²) >= 11 is 0. The largest absolute Gasteiger partial charge is 0.478 e. The summed E-state index contributed by atoms with van der Waals surface area (Å²) in [6.07, 6.45) is 0. The Balaban J connectivity index is 0. The van der Waals surface area contributed by atoms with Crippen LogP contribution >= 0.6 is 0 Å². The zero-order chi connectivity index (χ0) is 20.9. The van der Waals surface area contributed by atoms with Crippen molar-refractivity contribution in [3.63, 3.8) is 0 Å². The second kappa shape index (κ2) is 12.9. The monoisotopic (exact) mass is 366 g/mol. The summed E-state index contributed by atoms with van der Waals surface area (Å²) in [5, 5.41) is 34.7. The van der Waals surface area contributed by atoms with Crippen molar-refractivity contribution in [3.8, 4) is 0 Å². The van der Waals surface area contributed by atoms with Gasteiger partial charge in [-0.1, -0.05) is 57.3 Å². The maximum Gasteiger partial charge on any atom is 0.330 e. The van der Waals surface area contributed by atoms with Crippen LogP contribution in [0.2, 0.25) is 0 Å². The van der Waals surface area contributed by atoms with Crippen molar-refractivity contribution in [3.05, 3.63) is 60.2 Å². The van der Waals surface area contributed by atoms with Crippen molar-refractivity contribution in [1.82, 2.24) is 0 Å². The van der Waals surface area contributed by atoms with Crippen LogP contribution in [0, 0.1) is 5.92 Å². The predicted molar refractivity (Wildman–Crippen MR) is 102 cm³/mol. The van der Waals surface area contributed by atoms with Gasteiger partial charge < -0.3 is 20.4 Å². The SMILES string of the molecule is C=C(C)C(=O)O.C=C(C)C(=O)O.CC(C)C(CO)(CO)c1ccccc1. The van der Waals surface area contributed by atoms with Gasteiger partial charge in [0.05, 0.1) is 13.2 Å². The van der Waals surface area contributed by atoms with E-state index in [2.05, 4.69) is 13.2 Å². The zero-order valence-corrected chi connectivity index (χ0v) is 15.9. The molecule has 1 rings (SSSR count). The zero-order valence-electron chi connectivity index (χ0n) is 15.9. The molecule has 0 aliphatic rings. The number of carboxylic acids is 2. The minimum Gasteiger partial charge on any atom is -0.478 e. The summed E-state index contributed by atoms with van der Waals surface area (Å²) in [5.41, 5.74) is 0.839. The van der Waals surface area contributed by atoms with Crippen molar-refractivity contribution in [2.75, 3.05) is 13.2 Å². The highest BCUT2D eigenvalue weighted by Crippen LogP contribution is 2.31. The second-order valence-electron chi connectivity index (χ2n) is 6.16. The quantitative estimate of drug-likeness (QED) is 0.576. The smallest absolute Gasteiger partial charge is 0.330 e. The summed E-state index contributed by atoms with van der Waals surface area (Å²) in [7, 11) is 0. The van der Waals surface area contributed by atoms with E-state index in [1.54, 1.807) is 0 Å². The number of rotatable bonds is 6. The van der Waals surface area contributed by atoms with Gasteiger partial charge in [0, 0.05) is 16.6 Å². The average Bonchev–Trinajstić information content (AvgIpc) is 2.58. The molecule has 0 fully saturated rings. The van der Waals surface area contributed by atoms with Crippen LogP contribution in [0.5, 0.6) is 0 Å². The van der Waals surface area contributed by atoms with Crippen LogP contribution in [0.4, 0.5) is 0 Å². The summed E-state index contributed by atoms with van der Waals surface area (Å²) < 4.78 is 0. The molecule has 26 heavy (non-hydrogen) atoms. The predicted octanol–water partition coefficient (Wildman–Crippen LogP) is 2.86. The molecular weight excluding hydrogens is 336 g/mol. The Morgan fingerprint density at radius 3 is 1.42 bits per heavy atom.